The molecular formula is C27H19N5O7. The summed E-state index contributed by atoms with van der Waals surface area (Å²) in [5.74, 6) is -1.43. The van der Waals surface area contributed by atoms with E-state index >= 15 is 0 Å². The molecule has 12 nitrogen and oxygen atoms in total. The fourth-order valence-electron chi connectivity index (χ4n) is 4.48. The van der Waals surface area contributed by atoms with Crippen molar-refractivity contribution in [1.82, 2.24) is 5.43 Å². The van der Waals surface area contributed by atoms with Gasteiger partial charge in [-0.3, -0.25) is 39.6 Å². The first kappa shape index (κ1) is 25.3. The normalized spacial score (nSPS) is 16.2. The van der Waals surface area contributed by atoms with Gasteiger partial charge in [0.1, 0.15) is 6.17 Å². The molecule has 2 heterocycles. The summed E-state index contributed by atoms with van der Waals surface area (Å²) in [4.78, 5) is 65.4. The molecule has 39 heavy (non-hydrogen) atoms. The lowest BCUT2D eigenvalue weighted by Gasteiger charge is -2.17. The van der Waals surface area contributed by atoms with Crippen molar-refractivity contribution in [2.75, 3.05) is 5.01 Å². The molecule has 0 aromatic heterocycles. The number of hydrogen-bond donors (Lipinski definition) is 1. The molecule has 1 atom stereocenters. The number of anilines is 1. The summed E-state index contributed by atoms with van der Waals surface area (Å²) in [6, 6.07) is 19.2. The molecule has 0 unspecified atom stereocenters. The molecule has 2 aliphatic heterocycles. The van der Waals surface area contributed by atoms with Gasteiger partial charge in [-0.15, -0.1) is 0 Å². The van der Waals surface area contributed by atoms with Gasteiger partial charge in [0.25, 0.3) is 17.3 Å². The smallest absolute Gasteiger partial charge is 0.272 e. The number of nitro groups is 2. The van der Waals surface area contributed by atoms with E-state index in [1.54, 1.807) is 30.3 Å². The number of nitrogens with one attached hydrogen (secondary N) is 1. The van der Waals surface area contributed by atoms with Crippen LogP contribution in [0.25, 0.3) is 0 Å². The molecule has 0 radical (unpaired) electrons. The summed E-state index contributed by atoms with van der Waals surface area (Å²) in [5, 5.41) is 23.6. The van der Waals surface area contributed by atoms with Gasteiger partial charge in [0.2, 0.25) is 0 Å². The third kappa shape index (κ3) is 4.95. The van der Waals surface area contributed by atoms with Crippen molar-refractivity contribution in [2.45, 2.75) is 19.0 Å². The number of amides is 1. The number of carbonyl (C=O) groups is 3. The number of para-hydroxylation sites is 1. The van der Waals surface area contributed by atoms with Crippen LogP contribution in [-0.2, 0) is 4.79 Å². The van der Waals surface area contributed by atoms with E-state index in [0.29, 0.717) is 5.69 Å². The monoisotopic (exact) mass is 525 g/mol. The molecule has 194 valence electrons. The zero-order valence-corrected chi connectivity index (χ0v) is 20.1. The van der Waals surface area contributed by atoms with Crippen LogP contribution in [0, 0.1) is 20.2 Å². The Labute approximate surface area is 220 Å². The van der Waals surface area contributed by atoms with E-state index in [0.717, 1.165) is 12.1 Å². The van der Waals surface area contributed by atoms with Crippen LogP contribution in [0.1, 0.15) is 33.6 Å². The number of nitrogens with zero attached hydrogens (tertiary/aromatic N) is 4. The van der Waals surface area contributed by atoms with Crippen molar-refractivity contribution in [3.05, 3.63) is 121 Å². The zero-order chi connectivity index (χ0) is 27.7. The summed E-state index contributed by atoms with van der Waals surface area (Å²) < 4.78 is 0. The Bertz CT molecular complexity index is 1610. The van der Waals surface area contributed by atoms with Gasteiger partial charge in [-0.05, 0) is 17.7 Å². The van der Waals surface area contributed by atoms with Crippen LogP contribution in [0.4, 0.5) is 17.1 Å². The topological polar surface area (TPSA) is 165 Å². The number of carbonyl (C=O) groups excluding carboxylic acids is 3. The number of nitro benzene ring substituents is 2. The average Bonchev–Trinajstić information content (AvgIpc) is 3.44. The van der Waals surface area contributed by atoms with Crippen LogP contribution in [0.2, 0.25) is 0 Å². The van der Waals surface area contributed by atoms with E-state index in [1.165, 1.54) is 41.4 Å². The van der Waals surface area contributed by atoms with Gasteiger partial charge in [0.15, 0.2) is 11.6 Å². The van der Waals surface area contributed by atoms with E-state index in [2.05, 4.69) is 10.4 Å². The van der Waals surface area contributed by atoms with E-state index in [4.69, 9.17) is 0 Å². The lowest BCUT2D eigenvalue weighted by atomic mass is 9.92. The van der Waals surface area contributed by atoms with E-state index in [-0.39, 0.29) is 52.2 Å². The maximum atomic E-state index is 13.5. The predicted octanol–water partition coefficient (Wildman–Crippen LogP) is 3.98. The first-order valence-electron chi connectivity index (χ1n) is 11.7. The van der Waals surface area contributed by atoms with Crippen LogP contribution in [0.5, 0.6) is 0 Å². The molecule has 0 bridgehead atoms. The summed E-state index contributed by atoms with van der Waals surface area (Å²) in [5.41, 5.74) is 3.83. The van der Waals surface area contributed by atoms with Gasteiger partial charge >= 0.3 is 0 Å². The van der Waals surface area contributed by atoms with Gasteiger partial charge in [-0.1, -0.05) is 42.5 Å². The second kappa shape index (κ2) is 10.2. The summed E-state index contributed by atoms with van der Waals surface area (Å²) in [6.07, 6.45) is -1.48. The minimum atomic E-state index is -0.849. The molecule has 0 saturated carbocycles. The minimum absolute atomic E-state index is 0.0726. The molecule has 1 amide bonds. The van der Waals surface area contributed by atoms with Gasteiger partial charge in [0, 0.05) is 47.5 Å². The number of ketones is 2. The van der Waals surface area contributed by atoms with Gasteiger partial charge in [-0.2, -0.15) is 5.43 Å². The van der Waals surface area contributed by atoms with Crippen LogP contribution in [-0.4, -0.2) is 39.2 Å². The van der Waals surface area contributed by atoms with Gasteiger partial charge in [0.05, 0.1) is 27.5 Å². The number of Topliss-reactive ketones (excluding diaryl/α,β-unsaturated/α-hetero) is 2. The van der Waals surface area contributed by atoms with E-state index in [9.17, 15) is 34.6 Å². The molecular weight excluding hydrogens is 506 g/mol. The number of allylic oxidation sites excluding steroid dienone is 1. The first-order chi connectivity index (χ1) is 18.7. The molecule has 1 saturated heterocycles. The third-order valence-electron chi connectivity index (χ3n) is 6.35. The molecule has 0 aliphatic carbocycles. The largest absolute Gasteiger partial charge is 0.294 e. The summed E-state index contributed by atoms with van der Waals surface area (Å²) in [7, 11) is 0. The number of non-ortho nitro benzene ring substituents is 2. The molecule has 12 heteroatoms. The molecule has 2 aliphatic rings. The standard InChI is InChI=1S/C27H19N5O7/c33-23(16-6-4-10-19(12-16)31(36)37)14-21-22(15-24(34)17-7-5-11-20(13-17)32(38)39)28-26-25(21)27(35)30(29-26)18-8-2-1-3-9-18/h1-13,26,29H,14-15H2/t26-/m1/s1. The number of benzene rings is 3. The number of hydrogen-bond acceptors (Lipinski definition) is 9. The number of fused-ring (bicyclic) bond motifs is 1. The molecule has 3 aromatic carbocycles. The fourth-order valence-corrected chi connectivity index (χ4v) is 4.48. The zero-order valence-electron chi connectivity index (χ0n) is 20.1. The average molecular weight is 525 g/mol. The summed E-state index contributed by atoms with van der Waals surface area (Å²) >= 11 is 0. The lowest BCUT2D eigenvalue weighted by molar-refractivity contribution is -0.385. The highest BCUT2D eigenvalue weighted by Crippen LogP contribution is 2.34. The molecule has 5 rings (SSSR count). The molecule has 1 fully saturated rings. The van der Waals surface area contributed by atoms with Crippen molar-refractivity contribution in [3.63, 3.8) is 0 Å². The first-order valence-corrected chi connectivity index (χ1v) is 11.7. The Morgan fingerprint density at radius 1 is 0.821 bits per heavy atom. The van der Waals surface area contributed by atoms with Crippen LogP contribution in [0.3, 0.4) is 0 Å². The maximum Gasteiger partial charge on any atom is 0.272 e. The Kier molecular flexibility index (Phi) is 6.61. The molecule has 3 aromatic rings. The SMILES string of the molecule is O=C(CC1=N[C@@H]2NN(c3ccccc3)C(=O)C2=C1CC(=O)c1cccc([N+](=O)[O-])c1)c1cccc([N+](=O)[O-])c1. The highest BCUT2D eigenvalue weighted by Gasteiger charge is 2.43. The Morgan fingerprint density at radius 2 is 1.38 bits per heavy atom. The van der Waals surface area contributed by atoms with Crippen molar-refractivity contribution >= 4 is 40.2 Å². The van der Waals surface area contributed by atoms with Gasteiger partial charge in [-0.25, -0.2) is 5.01 Å². The van der Waals surface area contributed by atoms with Crippen LogP contribution >= 0.6 is 0 Å². The lowest BCUT2D eigenvalue weighted by Crippen LogP contribution is -2.37. The fraction of sp³-hybridized carbons (Fsp3) is 0.111. The quantitative estimate of drug-likeness (QED) is 0.249. The highest BCUT2D eigenvalue weighted by molar-refractivity contribution is 6.24. The van der Waals surface area contributed by atoms with Crippen molar-refractivity contribution in [1.29, 1.82) is 0 Å². The Morgan fingerprint density at radius 3 is 1.95 bits per heavy atom. The second-order valence-electron chi connectivity index (χ2n) is 8.79. The van der Waals surface area contributed by atoms with Crippen molar-refractivity contribution < 1.29 is 24.2 Å². The highest BCUT2D eigenvalue weighted by atomic mass is 16.6. The van der Waals surface area contributed by atoms with Crippen molar-refractivity contribution in [2.24, 2.45) is 4.99 Å². The Hall–Kier alpha value is -5.36. The third-order valence-corrected chi connectivity index (χ3v) is 6.35. The van der Waals surface area contributed by atoms with E-state index in [1.807, 2.05) is 0 Å². The van der Waals surface area contributed by atoms with E-state index < -0.39 is 33.5 Å². The molecule has 1 N–H and O–H groups in total. The number of aliphatic imine (C=N–C) groups is 1. The number of rotatable bonds is 9. The predicted molar refractivity (Wildman–Crippen MR) is 139 cm³/mol. The minimum Gasteiger partial charge on any atom is -0.294 e. The summed E-state index contributed by atoms with van der Waals surface area (Å²) in [6.45, 7) is 0. The van der Waals surface area contributed by atoms with Crippen LogP contribution < -0.4 is 10.4 Å². The van der Waals surface area contributed by atoms with Gasteiger partial charge < -0.3 is 0 Å². The molecule has 0 spiro atoms. The maximum absolute atomic E-state index is 13.5. The van der Waals surface area contributed by atoms with Crippen molar-refractivity contribution in [3.8, 4) is 0 Å². The van der Waals surface area contributed by atoms with Crippen LogP contribution in [0.15, 0.2) is 95.0 Å². The number of hydrazine groups is 1. The second-order valence-corrected chi connectivity index (χ2v) is 8.79. The Balaban J connectivity index is 1.48.